The zero-order chi connectivity index (χ0) is 14.3. The Morgan fingerprint density at radius 1 is 1.00 bits per heavy atom. The van der Waals surface area contributed by atoms with Crippen LogP contribution in [0.5, 0.6) is 0 Å². The van der Waals surface area contributed by atoms with Gasteiger partial charge in [0.25, 0.3) is 0 Å². The van der Waals surface area contributed by atoms with E-state index in [4.69, 9.17) is 15.9 Å². The molecule has 20 heavy (non-hydrogen) atoms. The lowest BCUT2D eigenvalue weighted by Gasteiger charge is -2.05. The number of rotatable bonds is 1. The molecule has 1 aromatic heterocycles. The van der Waals surface area contributed by atoms with Crippen molar-refractivity contribution in [1.82, 2.24) is 0 Å². The van der Waals surface area contributed by atoms with Gasteiger partial charge in [-0.3, -0.25) is 4.79 Å². The highest BCUT2D eigenvalue weighted by molar-refractivity contribution is 5.89. The van der Waals surface area contributed by atoms with Crippen LogP contribution in [0.4, 0.5) is 15.8 Å². The van der Waals surface area contributed by atoms with Crippen molar-refractivity contribution in [2.75, 3.05) is 11.5 Å². The van der Waals surface area contributed by atoms with Crippen molar-refractivity contribution >= 4 is 22.3 Å². The van der Waals surface area contributed by atoms with Crippen LogP contribution in [0.25, 0.3) is 22.3 Å². The molecule has 3 rings (SSSR count). The van der Waals surface area contributed by atoms with Gasteiger partial charge in [-0.15, -0.1) is 0 Å². The van der Waals surface area contributed by atoms with Crippen LogP contribution in [0.15, 0.2) is 51.7 Å². The van der Waals surface area contributed by atoms with E-state index in [1.165, 1.54) is 18.2 Å². The molecule has 0 atom stereocenters. The molecule has 5 heteroatoms. The standard InChI is InChI=1S/C15H11FN2O2/c16-9-6-8(4-5-10(9)17)14-7-12(19)15-11(18)2-1-3-13(15)20-14/h1-7H,17-18H2. The van der Waals surface area contributed by atoms with Gasteiger partial charge in [0.05, 0.1) is 11.1 Å². The molecule has 4 N–H and O–H groups in total. The van der Waals surface area contributed by atoms with Crippen LogP contribution in [0.3, 0.4) is 0 Å². The number of halogens is 1. The summed E-state index contributed by atoms with van der Waals surface area (Å²) < 4.78 is 19.1. The highest BCUT2D eigenvalue weighted by Gasteiger charge is 2.10. The summed E-state index contributed by atoms with van der Waals surface area (Å²) >= 11 is 0. The fourth-order valence-electron chi connectivity index (χ4n) is 2.06. The normalized spacial score (nSPS) is 10.8. The predicted molar refractivity (Wildman–Crippen MR) is 76.7 cm³/mol. The van der Waals surface area contributed by atoms with Gasteiger partial charge in [-0.05, 0) is 30.3 Å². The largest absolute Gasteiger partial charge is 0.456 e. The minimum absolute atomic E-state index is 0.0427. The smallest absolute Gasteiger partial charge is 0.195 e. The van der Waals surface area contributed by atoms with Gasteiger partial charge in [0.15, 0.2) is 5.43 Å². The van der Waals surface area contributed by atoms with Crippen molar-refractivity contribution in [2.45, 2.75) is 0 Å². The van der Waals surface area contributed by atoms with Gasteiger partial charge in [0.1, 0.15) is 17.2 Å². The summed E-state index contributed by atoms with van der Waals surface area (Å²) in [4.78, 5) is 12.1. The first-order chi connectivity index (χ1) is 9.56. The van der Waals surface area contributed by atoms with E-state index < -0.39 is 5.82 Å². The summed E-state index contributed by atoms with van der Waals surface area (Å²) in [5.74, 6) is -0.287. The highest BCUT2D eigenvalue weighted by Crippen LogP contribution is 2.26. The number of anilines is 2. The topological polar surface area (TPSA) is 82.2 Å². The van der Waals surface area contributed by atoms with E-state index in [-0.39, 0.29) is 16.9 Å². The molecule has 0 amide bonds. The molecule has 4 nitrogen and oxygen atoms in total. The summed E-state index contributed by atoms with van der Waals surface area (Å²) in [6, 6.07) is 10.5. The monoisotopic (exact) mass is 270 g/mol. The number of hydrogen-bond acceptors (Lipinski definition) is 4. The minimum atomic E-state index is -0.558. The van der Waals surface area contributed by atoms with Crippen LogP contribution in [-0.4, -0.2) is 0 Å². The number of hydrogen-bond donors (Lipinski definition) is 2. The number of benzene rings is 2. The Labute approximate surface area is 113 Å². The molecular formula is C15H11FN2O2. The Morgan fingerprint density at radius 3 is 2.55 bits per heavy atom. The molecule has 3 aromatic rings. The average Bonchev–Trinajstić information content (AvgIpc) is 2.41. The predicted octanol–water partition coefficient (Wildman–Crippen LogP) is 2.76. The quantitative estimate of drug-likeness (QED) is 0.666. The van der Waals surface area contributed by atoms with E-state index in [9.17, 15) is 9.18 Å². The molecule has 1 heterocycles. The van der Waals surface area contributed by atoms with E-state index in [1.807, 2.05) is 0 Å². The Hall–Kier alpha value is -2.82. The van der Waals surface area contributed by atoms with Crippen LogP contribution in [0.2, 0.25) is 0 Å². The molecular weight excluding hydrogens is 259 g/mol. The zero-order valence-electron chi connectivity index (χ0n) is 10.4. The third-order valence-electron chi connectivity index (χ3n) is 3.07. The maximum absolute atomic E-state index is 13.5. The summed E-state index contributed by atoms with van der Waals surface area (Å²) in [6.07, 6.45) is 0. The van der Waals surface area contributed by atoms with E-state index in [1.54, 1.807) is 24.3 Å². The van der Waals surface area contributed by atoms with Gasteiger partial charge in [0, 0.05) is 17.3 Å². The Balaban J connectivity index is 2.27. The first-order valence-electron chi connectivity index (χ1n) is 5.94. The van der Waals surface area contributed by atoms with Crippen LogP contribution >= 0.6 is 0 Å². The summed E-state index contributed by atoms with van der Waals surface area (Å²) in [5, 5.41) is 0.326. The summed E-state index contributed by atoms with van der Waals surface area (Å²) in [6.45, 7) is 0. The summed E-state index contributed by atoms with van der Waals surface area (Å²) in [5.41, 5.74) is 12.1. The molecule has 0 aliphatic carbocycles. The number of fused-ring (bicyclic) bond motifs is 1. The molecule has 0 radical (unpaired) electrons. The second-order valence-corrected chi connectivity index (χ2v) is 4.43. The Kier molecular flexibility index (Phi) is 2.68. The molecule has 0 unspecified atom stereocenters. The van der Waals surface area contributed by atoms with Gasteiger partial charge in [-0.2, -0.15) is 0 Å². The molecule has 2 aromatic carbocycles. The van der Waals surface area contributed by atoms with Crippen molar-refractivity contribution < 1.29 is 8.81 Å². The van der Waals surface area contributed by atoms with Crippen LogP contribution in [-0.2, 0) is 0 Å². The maximum Gasteiger partial charge on any atom is 0.195 e. The van der Waals surface area contributed by atoms with E-state index in [0.717, 1.165) is 0 Å². The highest BCUT2D eigenvalue weighted by atomic mass is 19.1. The van der Waals surface area contributed by atoms with Crippen molar-refractivity contribution in [3.8, 4) is 11.3 Å². The average molecular weight is 270 g/mol. The fraction of sp³-hybridized carbons (Fsp3) is 0. The van der Waals surface area contributed by atoms with Gasteiger partial charge >= 0.3 is 0 Å². The lowest BCUT2D eigenvalue weighted by molar-refractivity contribution is 0.612. The SMILES string of the molecule is Nc1ccc(-c2cc(=O)c3c(N)cccc3o2)cc1F. The van der Waals surface area contributed by atoms with Crippen LogP contribution < -0.4 is 16.9 Å². The van der Waals surface area contributed by atoms with Gasteiger partial charge in [-0.25, -0.2) is 4.39 Å². The molecule has 0 bridgehead atoms. The minimum Gasteiger partial charge on any atom is -0.456 e. The second-order valence-electron chi connectivity index (χ2n) is 4.43. The first kappa shape index (κ1) is 12.2. The van der Waals surface area contributed by atoms with Crippen molar-refractivity contribution in [3.63, 3.8) is 0 Å². The Bertz CT molecular complexity index is 871. The molecule has 0 saturated carbocycles. The van der Waals surface area contributed by atoms with E-state index in [2.05, 4.69) is 0 Å². The summed E-state index contributed by atoms with van der Waals surface area (Å²) in [7, 11) is 0. The van der Waals surface area contributed by atoms with Crippen molar-refractivity contribution in [1.29, 1.82) is 0 Å². The lowest BCUT2D eigenvalue weighted by atomic mass is 10.1. The first-order valence-corrected chi connectivity index (χ1v) is 5.94. The molecule has 0 saturated heterocycles. The number of nitrogens with two attached hydrogens (primary N) is 2. The van der Waals surface area contributed by atoms with Crippen LogP contribution in [0, 0.1) is 5.82 Å². The molecule has 0 spiro atoms. The fourth-order valence-corrected chi connectivity index (χ4v) is 2.06. The Morgan fingerprint density at radius 2 is 1.80 bits per heavy atom. The van der Waals surface area contributed by atoms with Gasteiger partial charge in [-0.1, -0.05) is 6.07 Å². The van der Waals surface area contributed by atoms with Crippen LogP contribution in [0.1, 0.15) is 0 Å². The molecule has 0 aliphatic heterocycles. The maximum atomic E-state index is 13.5. The lowest BCUT2D eigenvalue weighted by Crippen LogP contribution is -2.03. The molecule has 100 valence electrons. The number of nitrogen functional groups attached to an aromatic ring is 2. The third kappa shape index (κ3) is 1.89. The van der Waals surface area contributed by atoms with E-state index >= 15 is 0 Å². The van der Waals surface area contributed by atoms with Gasteiger partial charge < -0.3 is 15.9 Å². The molecule has 0 fully saturated rings. The van der Waals surface area contributed by atoms with Gasteiger partial charge in [0.2, 0.25) is 0 Å². The second kappa shape index (κ2) is 4.38. The zero-order valence-corrected chi connectivity index (χ0v) is 10.4. The van der Waals surface area contributed by atoms with Crippen molar-refractivity contribution in [2.24, 2.45) is 0 Å². The van der Waals surface area contributed by atoms with Crippen molar-refractivity contribution in [3.05, 3.63) is 58.5 Å². The molecule has 0 aliphatic rings. The van der Waals surface area contributed by atoms with E-state index in [0.29, 0.717) is 22.2 Å². The third-order valence-corrected chi connectivity index (χ3v) is 3.07.